The standard InChI is InChI=1S/C19H23FN2O5S2/c20-15-7-5-14(6-8-15)19-12-17(21-27-19)18-4-2-1-3-10-22(18)29(25,26)16-9-11-28(23,24)13-16/h5-8,12,16,18H,1-4,9-11,13H2/t16-,18-/m1/s1. The van der Waals surface area contributed by atoms with Crippen LogP contribution in [0.3, 0.4) is 0 Å². The normalized spacial score (nSPS) is 25.7. The van der Waals surface area contributed by atoms with Crippen molar-refractivity contribution in [2.24, 2.45) is 0 Å². The number of rotatable bonds is 4. The first kappa shape index (κ1) is 20.5. The smallest absolute Gasteiger partial charge is 0.218 e. The van der Waals surface area contributed by atoms with Gasteiger partial charge >= 0.3 is 0 Å². The maximum atomic E-state index is 13.3. The largest absolute Gasteiger partial charge is 0.356 e. The van der Waals surface area contributed by atoms with E-state index in [2.05, 4.69) is 5.16 Å². The molecule has 0 radical (unpaired) electrons. The van der Waals surface area contributed by atoms with Crippen molar-refractivity contribution in [2.75, 3.05) is 18.1 Å². The van der Waals surface area contributed by atoms with E-state index < -0.39 is 31.2 Å². The van der Waals surface area contributed by atoms with Gasteiger partial charge in [-0.3, -0.25) is 0 Å². The number of hydrogen-bond donors (Lipinski definition) is 0. The van der Waals surface area contributed by atoms with Crippen LogP contribution in [-0.4, -0.2) is 49.6 Å². The third-order valence-electron chi connectivity index (χ3n) is 5.64. The molecule has 2 aromatic rings. The zero-order valence-corrected chi connectivity index (χ0v) is 17.5. The molecule has 158 valence electrons. The molecule has 1 aromatic carbocycles. The van der Waals surface area contributed by atoms with E-state index in [0.29, 0.717) is 30.0 Å². The molecule has 0 unspecified atom stereocenters. The van der Waals surface area contributed by atoms with Crippen LogP contribution in [0.5, 0.6) is 0 Å². The first-order valence-corrected chi connectivity index (χ1v) is 13.0. The van der Waals surface area contributed by atoms with Gasteiger partial charge in [-0.05, 0) is 43.5 Å². The first-order chi connectivity index (χ1) is 13.8. The number of sulfone groups is 1. The van der Waals surface area contributed by atoms with Gasteiger partial charge in [-0.15, -0.1) is 0 Å². The van der Waals surface area contributed by atoms with E-state index in [0.717, 1.165) is 19.3 Å². The Balaban J connectivity index is 1.65. The molecule has 2 atom stereocenters. The van der Waals surface area contributed by atoms with Crippen LogP contribution >= 0.6 is 0 Å². The average molecular weight is 443 g/mol. The molecule has 0 saturated carbocycles. The Hall–Kier alpha value is -1.78. The monoisotopic (exact) mass is 442 g/mol. The maximum absolute atomic E-state index is 13.3. The van der Waals surface area contributed by atoms with E-state index in [4.69, 9.17) is 4.52 Å². The molecule has 4 rings (SSSR count). The van der Waals surface area contributed by atoms with E-state index in [-0.39, 0.29) is 23.7 Å². The van der Waals surface area contributed by atoms with Gasteiger partial charge in [0, 0.05) is 18.2 Å². The predicted molar refractivity (Wildman–Crippen MR) is 106 cm³/mol. The van der Waals surface area contributed by atoms with Gasteiger partial charge in [-0.25, -0.2) is 21.2 Å². The second-order valence-corrected chi connectivity index (χ2v) is 12.1. The van der Waals surface area contributed by atoms with Gasteiger partial charge in [0.15, 0.2) is 15.6 Å². The molecule has 2 aliphatic rings. The van der Waals surface area contributed by atoms with Gasteiger partial charge in [0.05, 0.1) is 22.8 Å². The van der Waals surface area contributed by atoms with E-state index in [1.54, 1.807) is 18.2 Å². The van der Waals surface area contributed by atoms with Gasteiger partial charge in [0.25, 0.3) is 0 Å². The van der Waals surface area contributed by atoms with Crippen LogP contribution in [0, 0.1) is 5.82 Å². The number of nitrogens with zero attached hydrogens (tertiary/aromatic N) is 2. The highest BCUT2D eigenvalue weighted by molar-refractivity contribution is 7.95. The van der Waals surface area contributed by atoms with E-state index >= 15 is 0 Å². The molecule has 0 bridgehead atoms. The van der Waals surface area contributed by atoms with Crippen LogP contribution in [0.4, 0.5) is 4.39 Å². The highest BCUT2D eigenvalue weighted by Gasteiger charge is 2.43. The molecule has 0 N–H and O–H groups in total. The second-order valence-electron chi connectivity index (χ2n) is 7.67. The summed E-state index contributed by atoms with van der Waals surface area (Å²) in [5, 5.41) is 3.20. The lowest BCUT2D eigenvalue weighted by Crippen LogP contribution is -2.41. The van der Waals surface area contributed by atoms with Crippen LogP contribution in [0.25, 0.3) is 11.3 Å². The highest BCUT2D eigenvalue weighted by atomic mass is 32.2. The summed E-state index contributed by atoms with van der Waals surface area (Å²) in [7, 11) is -7.11. The Kier molecular flexibility index (Phi) is 5.52. The van der Waals surface area contributed by atoms with Crippen LogP contribution in [-0.2, 0) is 19.9 Å². The maximum Gasteiger partial charge on any atom is 0.218 e. The van der Waals surface area contributed by atoms with E-state index in [1.807, 2.05) is 0 Å². The summed E-state index contributed by atoms with van der Waals surface area (Å²) in [6.45, 7) is 0.336. The number of sulfonamides is 1. The van der Waals surface area contributed by atoms with Crippen molar-refractivity contribution in [1.29, 1.82) is 0 Å². The van der Waals surface area contributed by atoms with Crippen molar-refractivity contribution in [3.8, 4) is 11.3 Å². The number of halogens is 1. The Morgan fingerprint density at radius 2 is 1.86 bits per heavy atom. The topological polar surface area (TPSA) is 97.5 Å². The summed E-state index contributed by atoms with van der Waals surface area (Å²) in [6, 6.07) is 6.98. The van der Waals surface area contributed by atoms with Gasteiger partial charge in [0.1, 0.15) is 11.5 Å². The molecule has 10 heteroatoms. The minimum atomic E-state index is -3.79. The first-order valence-electron chi connectivity index (χ1n) is 9.70. The van der Waals surface area contributed by atoms with Crippen molar-refractivity contribution >= 4 is 19.9 Å². The molecular weight excluding hydrogens is 419 g/mol. The second kappa shape index (κ2) is 7.81. The Morgan fingerprint density at radius 1 is 1.10 bits per heavy atom. The Bertz CT molecular complexity index is 1080. The number of benzene rings is 1. The fraction of sp³-hybridized carbons (Fsp3) is 0.526. The molecule has 7 nitrogen and oxygen atoms in total. The van der Waals surface area contributed by atoms with Crippen molar-refractivity contribution in [1.82, 2.24) is 9.46 Å². The summed E-state index contributed by atoms with van der Waals surface area (Å²) >= 11 is 0. The molecule has 2 aliphatic heterocycles. The lowest BCUT2D eigenvalue weighted by molar-refractivity contribution is 0.305. The summed E-state index contributed by atoms with van der Waals surface area (Å²) in [5.41, 5.74) is 1.14. The van der Waals surface area contributed by atoms with Crippen LogP contribution in [0.2, 0.25) is 0 Å². The van der Waals surface area contributed by atoms with Crippen LogP contribution in [0.1, 0.15) is 43.8 Å². The predicted octanol–water partition coefficient (Wildman–Crippen LogP) is 2.91. The Labute approximate surface area is 169 Å². The molecule has 2 fully saturated rings. The van der Waals surface area contributed by atoms with Crippen LogP contribution in [0.15, 0.2) is 34.9 Å². The SMILES string of the molecule is O=S1(=O)CC[C@@H](S(=O)(=O)N2CCCCC[C@@H]2c2cc(-c3ccc(F)cc3)on2)C1. The number of hydrogen-bond acceptors (Lipinski definition) is 6. The van der Waals surface area contributed by atoms with Crippen LogP contribution < -0.4 is 0 Å². The molecular formula is C19H23FN2O5S2. The van der Waals surface area contributed by atoms with Gasteiger partial charge in [-0.1, -0.05) is 18.0 Å². The van der Waals surface area contributed by atoms with E-state index in [1.165, 1.54) is 16.4 Å². The highest BCUT2D eigenvalue weighted by Crippen LogP contribution is 2.36. The van der Waals surface area contributed by atoms with Gasteiger partial charge in [-0.2, -0.15) is 4.31 Å². The van der Waals surface area contributed by atoms with Crippen molar-refractivity contribution in [2.45, 2.75) is 43.4 Å². The zero-order valence-electron chi connectivity index (χ0n) is 15.8. The molecule has 3 heterocycles. The zero-order chi connectivity index (χ0) is 20.6. The van der Waals surface area contributed by atoms with E-state index in [9.17, 15) is 21.2 Å². The number of aromatic nitrogens is 1. The van der Waals surface area contributed by atoms with Gasteiger partial charge in [0.2, 0.25) is 10.0 Å². The summed E-state index contributed by atoms with van der Waals surface area (Å²) in [4.78, 5) is 0. The molecule has 1 aromatic heterocycles. The third kappa shape index (κ3) is 4.24. The van der Waals surface area contributed by atoms with Gasteiger partial charge < -0.3 is 4.52 Å². The average Bonchev–Trinajstić information content (AvgIpc) is 3.22. The molecule has 0 aliphatic carbocycles. The molecule has 0 spiro atoms. The molecule has 0 amide bonds. The minimum Gasteiger partial charge on any atom is -0.356 e. The molecule has 2 saturated heterocycles. The minimum absolute atomic E-state index is 0.0892. The summed E-state index contributed by atoms with van der Waals surface area (Å²) in [6.07, 6.45) is 3.19. The molecule has 29 heavy (non-hydrogen) atoms. The summed E-state index contributed by atoms with van der Waals surface area (Å²) < 4.78 is 70.3. The summed E-state index contributed by atoms with van der Waals surface area (Å²) in [5.74, 6) is -0.335. The lowest BCUT2D eigenvalue weighted by atomic mass is 10.1. The van der Waals surface area contributed by atoms with Crippen molar-refractivity contribution in [3.63, 3.8) is 0 Å². The Morgan fingerprint density at radius 3 is 2.55 bits per heavy atom. The lowest BCUT2D eigenvalue weighted by Gasteiger charge is -2.29. The van der Waals surface area contributed by atoms with Crippen molar-refractivity contribution in [3.05, 3.63) is 41.8 Å². The van der Waals surface area contributed by atoms with Crippen molar-refractivity contribution < 1.29 is 25.7 Å². The quantitative estimate of drug-likeness (QED) is 0.722. The third-order valence-corrected chi connectivity index (χ3v) is 9.96. The fourth-order valence-electron chi connectivity index (χ4n) is 4.07. The fourth-order valence-corrected chi connectivity index (χ4v) is 8.82.